The maximum absolute atomic E-state index is 12.1. The Bertz CT molecular complexity index is 820. The molecule has 6 heteroatoms. The van der Waals surface area contributed by atoms with E-state index in [4.69, 9.17) is 0 Å². The van der Waals surface area contributed by atoms with Gasteiger partial charge in [-0.15, -0.1) is 10.2 Å². The van der Waals surface area contributed by atoms with Gasteiger partial charge in [-0.05, 0) is 48.4 Å². The lowest BCUT2D eigenvalue weighted by atomic mass is 10.1. The molecule has 25 heavy (non-hydrogen) atoms. The van der Waals surface area contributed by atoms with Gasteiger partial charge in [0.25, 0.3) is 5.91 Å². The summed E-state index contributed by atoms with van der Waals surface area (Å²) in [5, 5.41) is 14.1. The number of nitrogens with zero attached hydrogens (tertiary/aromatic N) is 2. The zero-order chi connectivity index (χ0) is 17.5. The molecule has 2 N–H and O–H groups in total. The number of benzene rings is 2. The van der Waals surface area contributed by atoms with Gasteiger partial charge in [0.05, 0.1) is 0 Å². The van der Waals surface area contributed by atoms with Crippen molar-refractivity contribution >= 4 is 33.5 Å². The second-order valence-electron chi connectivity index (χ2n) is 5.43. The molecule has 0 aliphatic carbocycles. The van der Waals surface area contributed by atoms with Gasteiger partial charge < -0.3 is 10.6 Å². The number of aromatic nitrogens is 2. The van der Waals surface area contributed by atoms with Gasteiger partial charge in [-0.3, -0.25) is 4.79 Å². The van der Waals surface area contributed by atoms with Crippen molar-refractivity contribution in [2.24, 2.45) is 0 Å². The molecule has 0 atom stereocenters. The molecule has 0 radical (unpaired) electrons. The number of anilines is 2. The van der Waals surface area contributed by atoms with Crippen LogP contribution in [0.1, 0.15) is 15.9 Å². The quantitative estimate of drug-likeness (QED) is 0.656. The SMILES string of the molecule is O=C(Nc1ccc(NCCc2ccccc2)nn1)c1ccc(Br)cc1. The van der Waals surface area contributed by atoms with Crippen LogP contribution < -0.4 is 10.6 Å². The topological polar surface area (TPSA) is 66.9 Å². The predicted octanol–water partition coefficient (Wildman–Crippen LogP) is 4.15. The van der Waals surface area contributed by atoms with Crippen molar-refractivity contribution in [2.75, 3.05) is 17.2 Å². The lowest BCUT2D eigenvalue weighted by molar-refractivity contribution is 0.102. The summed E-state index contributed by atoms with van der Waals surface area (Å²) in [6.45, 7) is 0.767. The van der Waals surface area contributed by atoms with Gasteiger partial charge in [0.2, 0.25) is 0 Å². The molecule has 1 aromatic heterocycles. The van der Waals surface area contributed by atoms with E-state index in [9.17, 15) is 4.79 Å². The number of nitrogens with one attached hydrogen (secondary N) is 2. The van der Waals surface area contributed by atoms with Crippen molar-refractivity contribution in [1.82, 2.24) is 10.2 Å². The van der Waals surface area contributed by atoms with Crippen LogP contribution in [-0.4, -0.2) is 22.6 Å². The molecule has 1 heterocycles. The molecule has 2 aromatic carbocycles. The number of hydrogen-bond donors (Lipinski definition) is 2. The van der Waals surface area contributed by atoms with E-state index < -0.39 is 0 Å². The first kappa shape index (κ1) is 17.1. The Labute approximate surface area is 154 Å². The summed E-state index contributed by atoms with van der Waals surface area (Å²) in [4.78, 5) is 12.1. The van der Waals surface area contributed by atoms with Crippen LogP contribution in [0, 0.1) is 0 Å². The lowest BCUT2D eigenvalue weighted by Gasteiger charge is -2.07. The van der Waals surface area contributed by atoms with Crippen molar-refractivity contribution in [3.05, 3.63) is 82.3 Å². The van der Waals surface area contributed by atoms with Gasteiger partial charge in [-0.25, -0.2) is 0 Å². The van der Waals surface area contributed by atoms with Crippen LogP contribution in [0.25, 0.3) is 0 Å². The Morgan fingerprint density at radius 1 is 0.880 bits per heavy atom. The van der Waals surface area contributed by atoms with Crippen molar-refractivity contribution < 1.29 is 4.79 Å². The summed E-state index contributed by atoms with van der Waals surface area (Å²) in [6, 6.07) is 20.9. The first-order chi connectivity index (χ1) is 12.2. The number of carbonyl (C=O) groups is 1. The molecule has 5 nitrogen and oxygen atoms in total. The number of hydrogen-bond acceptors (Lipinski definition) is 4. The number of rotatable bonds is 6. The van der Waals surface area contributed by atoms with E-state index >= 15 is 0 Å². The Morgan fingerprint density at radius 2 is 1.56 bits per heavy atom. The maximum Gasteiger partial charge on any atom is 0.256 e. The summed E-state index contributed by atoms with van der Waals surface area (Å²) < 4.78 is 0.926. The zero-order valence-electron chi connectivity index (χ0n) is 13.4. The minimum atomic E-state index is -0.216. The second-order valence-corrected chi connectivity index (χ2v) is 6.34. The van der Waals surface area contributed by atoms with Crippen molar-refractivity contribution in [2.45, 2.75) is 6.42 Å². The molecule has 3 aromatic rings. The van der Waals surface area contributed by atoms with E-state index in [-0.39, 0.29) is 5.91 Å². The first-order valence-corrected chi connectivity index (χ1v) is 8.68. The molecule has 0 spiro atoms. The Morgan fingerprint density at radius 3 is 2.24 bits per heavy atom. The molecule has 0 saturated carbocycles. The predicted molar refractivity (Wildman–Crippen MR) is 103 cm³/mol. The molecule has 3 rings (SSSR count). The van der Waals surface area contributed by atoms with Gasteiger partial charge in [-0.2, -0.15) is 0 Å². The van der Waals surface area contributed by atoms with Crippen molar-refractivity contribution in [3.8, 4) is 0 Å². The number of carbonyl (C=O) groups excluding carboxylic acids is 1. The molecule has 0 fully saturated rings. The van der Waals surface area contributed by atoms with E-state index in [2.05, 4.69) is 48.9 Å². The van der Waals surface area contributed by atoms with E-state index in [1.54, 1.807) is 24.3 Å². The van der Waals surface area contributed by atoms with Crippen LogP contribution >= 0.6 is 15.9 Å². The minimum Gasteiger partial charge on any atom is -0.368 e. The normalized spacial score (nSPS) is 10.3. The van der Waals surface area contributed by atoms with Crippen LogP contribution in [0.15, 0.2) is 71.2 Å². The van der Waals surface area contributed by atoms with Gasteiger partial charge in [0, 0.05) is 16.6 Å². The van der Waals surface area contributed by atoms with E-state index in [0.29, 0.717) is 17.2 Å². The summed E-state index contributed by atoms with van der Waals surface area (Å²) in [6.07, 6.45) is 0.907. The van der Waals surface area contributed by atoms with E-state index in [0.717, 1.165) is 17.4 Å². The molecule has 0 aliphatic rings. The Balaban J connectivity index is 1.51. The van der Waals surface area contributed by atoms with E-state index in [1.165, 1.54) is 5.56 Å². The van der Waals surface area contributed by atoms with Gasteiger partial charge >= 0.3 is 0 Å². The molecule has 0 unspecified atom stereocenters. The Hall–Kier alpha value is -2.73. The smallest absolute Gasteiger partial charge is 0.256 e. The minimum absolute atomic E-state index is 0.216. The fourth-order valence-electron chi connectivity index (χ4n) is 2.26. The summed E-state index contributed by atoms with van der Waals surface area (Å²) >= 11 is 3.34. The van der Waals surface area contributed by atoms with Crippen LogP contribution in [0.5, 0.6) is 0 Å². The van der Waals surface area contributed by atoms with Crippen LogP contribution in [0.4, 0.5) is 11.6 Å². The molecule has 1 amide bonds. The first-order valence-electron chi connectivity index (χ1n) is 7.89. The highest BCUT2D eigenvalue weighted by Gasteiger charge is 2.07. The molecular formula is C19H17BrN4O. The van der Waals surface area contributed by atoms with Crippen molar-refractivity contribution in [1.29, 1.82) is 0 Å². The number of amides is 1. The summed E-state index contributed by atoms with van der Waals surface area (Å²) in [5.41, 5.74) is 1.83. The fraction of sp³-hybridized carbons (Fsp3) is 0.105. The third-order valence-corrected chi connectivity index (χ3v) is 4.10. The fourth-order valence-corrected chi connectivity index (χ4v) is 2.53. The third-order valence-electron chi connectivity index (χ3n) is 3.58. The van der Waals surface area contributed by atoms with Crippen LogP contribution in [0.3, 0.4) is 0 Å². The zero-order valence-corrected chi connectivity index (χ0v) is 15.0. The average Bonchev–Trinajstić information content (AvgIpc) is 2.64. The molecule has 0 aliphatic heterocycles. The average molecular weight is 397 g/mol. The van der Waals surface area contributed by atoms with Gasteiger partial charge in [0.15, 0.2) is 5.82 Å². The molecule has 0 bridgehead atoms. The number of halogens is 1. The summed E-state index contributed by atoms with van der Waals surface area (Å²) in [5.74, 6) is 0.880. The van der Waals surface area contributed by atoms with Crippen LogP contribution in [-0.2, 0) is 6.42 Å². The molecular weight excluding hydrogens is 380 g/mol. The van der Waals surface area contributed by atoms with Gasteiger partial charge in [0.1, 0.15) is 5.82 Å². The highest BCUT2D eigenvalue weighted by molar-refractivity contribution is 9.10. The van der Waals surface area contributed by atoms with E-state index in [1.807, 2.05) is 30.3 Å². The monoisotopic (exact) mass is 396 g/mol. The second kappa shape index (κ2) is 8.39. The largest absolute Gasteiger partial charge is 0.368 e. The highest BCUT2D eigenvalue weighted by Crippen LogP contribution is 2.12. The summed E-state index contributed by atoms with van der Waals surface area (Å²) in [7, 11) is 0. The highest BCUT2D eigenvalue weighted by atomic mass is 79.9. The third kappa shape index (κ3) is 5.12. The molecule has 0 saturated heterocycles. The Kier molecular flexibility index (Phi) is 5.74. The maximum atomic E-state index is 12.1. The van der Waals surface area contributed by atoms with Crippen LogP contribution in [0.2, 0.25) is 0 Å². The molecule has 126 valence electrons. The van der Waals surface area contributed by atoms with Crippen molar-refractivity contribution in [3.63, 3.8) is 0 Å². The standard InChI is InChI=1S/C19H17BrN4O/c20-16-8-6-15(7-9-16)19(25)22-18-11-10-17(23-24-18)21-13-12-14-4-2-1-3-5-14/h1-11H,12-13H2,(H,21,23)(H,22,24,25). The van der Waals surface area contributed by atoms with Gasteiger partial charge in [-0.1, -0.05) is 46.3 Å². The lowest BCUT2D eigenvalue weighted by Crippen LogP contribution is -2.14.